The van der Waals surface area contributed by atoms with E-state index in [1.165, 1.54) is 0 Å². The summed E-state index contributed by atoms with van der Waals surface area (Å²) < 4.78 is 12.7. The number of likely N-dealkylation sites (tertiary alicyclic amines) is 1. The van der Waals surface area contributed by atoms with Gasteiger partial charge in [-0.15, -0.1) is 11.3 Å². The molecule has 158 valence electrons. The molecule has 0 bridgehead atoms. The van der Waals surface area contributed by atoms with Crippen molar-refractivity contribution in [2.24, 2.45) is 5.92 Å². The van der Waals surface area contributed by atoms with Crippen LogP contribution >= 0.6 is 11.3 Å². The van der Waals surface area contributed by atoms with Crippen LogP contribution in [0, 0.1) is 19.8 Å². The maximum atomic E-state index is 12.8. The van der Waals surface area contributed by atoms with Gasteiger partial charge in [0, 0.05) is 18.9 Å². The summed E-state index contributed by atoms with van der Waals surface area (Å²) in [7, 11) is 1.66. The smallest absolute Gasteiger partial charge is 0.223 e. The Balaban J connectivity index is 1.48. The highest BCUT2D eigenvalue weighted by Gasteiger charge is 2.37. The molecule has 1 aromatic heterocycles. The summed E-state index contributed by atoms with van der Waals surface area (Å²) in [5.74, 6) is 2.03. The van der Waals surface area contributed by atoms with Crippen molar-refractivity contribution in [3.05, 3.63) is 52.5 Å². The molecule has 3 aromatic rings. The van der Waals surface area contributed by atoms with E-state index in [-0.39, 0.29) is 24.0 Å². The Morgan fingerprint density at radius 2 is 1.90 bits per heavy atom. The molecule has 0 spiro atoms. The minimum Gasteiger partial charge on any atom is -0.497 e. The Morgan fingerprint density at radius 1 is 1.17 bits per heavy atom. The van der Waals surface area contributed by atoms with Gasteiger partial charge in [0.25, 0.3) is 0 Å². The number of aromatic nitrogens is 1. The number of amides is 1. The average Bonchev–Trinajstić information content (AvgIpc) is 3.29. The molecule has 30 heavy (non-hydrogen) atoms. The van der Waals surface area contributed by atoms with Crippen LogP contribution in [0.2, 0.25) is 0 Å². The molecule has 2 aromatic carbocycles. The second-order valence-corrected chi connectivity index (χ2v) is 9.33. The molecule has 0 N–H and O–H groups in total. The summed E-state index contributed by atoms with van der Waals surface area (Å²) in [6.45, 7) is 8.92. The van der Waals surface area contributed by atoms with E-state index >= 15 is 0 Å². The predicted octanol–water partition coefficient (Wildman–Crippen LogP) is 5.30. The molecule has 5 nitrogen and oxygen atoms in total. The molecule has 0 unspecified atom stereocenters. The largest absolute Gasteiger partial charge is 0.497 e. The van der Waals surface area contributed by atoms with Crippen LogP contribution in [0.25, 0.3) is 10.2 Å². The average molecular weight is 425 g/mol. The van der Waals surface area contributed by atoms with E-state index in [1.54, 1.807) is 18.4 Å². The lowest BCUT2D eigenvalue weighted by Gasteiger charge is -2.27. The van der Waals surface area contributed by atoms with Crippen molar-refractivity contribution in [3.8, 4) is 11.5 Å². The number of carbonyl (C=O) groups is 1. The molecular weight excluding hydrogens is 396 g/mol. The van der Waals surface area contributed by atoms with Crippen LogP contribution in [0.15, 0.2) is 36.4 Å². The highest BCUT2D eigenvalue weighted by atomic mass is 32.1. The quantitative estimate of drug-likeness (QED) is 0.539. The zero-order valence-electron chi connectivity index (χ0n) is 18.1. The van der Waals surface area contributed by atoms with E-state index in [0.717, 1.165) is 37.9 Å². The number of thiazole rings is 1. The van der Waals surface area contributed by atoms with Crippen molar-refractivity contribution in [3.63, 3.8) is 0 Å². The van der Waals surface area contributed by atoms with Crippen LogP contribution in [0.5, 0.6) is 11.5 Å². The van der Waals surface area contributed by atoms with E-state index < -0.39 is 0 Å². The second kappa shape index (κ2) is 8.26. The molecular formula is C24H28N2O3S. The third kappa shape index (κ3) is 4.01. The molecule has 3 atom stereocenters. The summed E-state index contributed by atoms with van der Waals surface area (Å²) in [6.07, 6.45) is 0.452. The van der Waals surface area contributed by atoms with Gasteiger partial charge in [-0.3, -0.25) is 4.79 Å². The normalized spacial score (nSPS) is 18.6. The predicted molar refractivity (Wildman–Crippen MR) is 120 cm³/mol. The zero-order valence-corrected chi connectivity index (χ0v) is 19.0. The number of hydrogen-bond acceptors (Lipinski definition) is 5. The first-order valence-corrected chi connectivity index (χ1v) is 11.1. The summed E-state index contributed by atoms with van der Waals surface area (Å²) in [5.41, 5.74) is 3.23. The van der Waals surface area contributed by atoms with Gasteiger partial charge >= 0.3 is 0 Å². The number of ether oxygens (including phenoxy) is 2. The van der Waals surface area contributed by atoms with Crippen LogP contribution in [0.1, 0.15) is 42.4 Å². The molecule has 2 heterocycles. The van der Waals surface area contributed by atoms with E-state index in [1.807, 2.05) is 36.1 Å². The van der Waals surface area contributed by atoms with Crippen molar-refractivity contribution in [1.29, 1.82) is 0 Å². The fourth-order valence-corrected chi connectivity index (χ4v) is 5.00. The van der Waals surface area contributed by atoms with Gasteiger partial charge in [0.1, 0.15) is 17.6 Å². The number of benzene rings is 2. The Morgan fingerprint density at radius 3 is 2.60 bits per heavy atom. The maximum absolute atomic E-state index is 12.8. The van der Waals surface area contributed by atoms with Crippen LogP contribution in [0.3, 0.4) is 0 Å². The highest BCUT2D eigenvalue weighted by molar-refractivity contribution is 7.18. The van der Waals surface area contributed by atoms with Crippen LogP contribution in [0.4, 0.5) is 0 Å². The van der Waals surface area contributed by atoms with Crippen molar-refractivity contribution in [2.75, 3.05) is 13.7 Å². The molecule has 0 aliphatic carbocycles. The molecule has 0 radical (unpaired) electrons. The fraction of sp³-hybridized carbons (Fsp3) is 0.417. The minimum absolute atomic E-state index is 0.0235. The number of aryl methyl sites for hydroxylation is 2. The topological polar surface area (TPSA) is 51.7 Å². The van der Waals surface area contributed by atoms with E-state index in [0.29, 0.717) is 13.0 Å². The first kappa shape index (κ1) is 20.7. The van der Waals surface area contributed by atoms with Gasteiger partial charge in [-0.25, -0.2) is 4.98 Å². The van der Waals surface area contributed by atoms with Gasteiger partial charge in [-0.05, 0) is 63.1 Å². The van der Waals surface area contributed by atoms with Gasteiger partial charge in [0.15, 0.2) is 0 Å². The van der Waals surface area contributed by atoms with Gasteiger partial charge in [0.2, 0.25) is 5.91 Å². The van der Waals surface area contributed by atoms with Gasteiger partial charge in [-0.1, -0.05) is 12.1 Å². The van der Waals surface area contributed by atoms with Crippen molar-refractivity contribution >= 4 is 27.5 Å². The van der Waals surface area contributed by atoms with Crippen LogP contribution in [-0.2, 0) is 4.79 Å². The van der Waals surface area contributed by atoms with Crippen molar-refractivity contribution in [1.82, 2.24) is 9.88 Å². The third-order valence-corrected chi connectivity index (χ3v) is 6.94. The first-order chi connectivity index (χ1) is 14.4. The number of carbonyl (C=O) groups excluding carboxylic acids is 1. The van der Waals surface area contributed by atoms with Crippen LogP contribution in [-0.4, -0.2) is 35.5 Å². The molecule has 0 saturated carbocycles. The summed E-state index contributed by atoms with van der Waals surface area (Å²) in [5, 5.41) is 1.03. The Kier molecular flexibility index (Phi) is 5.69. The van der Waals surface area contributed by atoms with E-state index in [4.69, 9.17) is 9.47 Å². The molecule has 1 amide bonds. The summed E-state index contributed by atoms with van der Waals surface area (Å²) >= 11 is 1.65. The van der Waals surface area contributed by atoms with E-state index in [9.17, 15) is 4.79 Å². The maximum Gasteiger partial charge on any atom is 0.223 e. The molecule has 4 rings (SSSR count). The number of nitrogens with zero attached hydrogens (tertiary/aromatic N) is 2. The number of rotatable bonds is 6. The summed E-state index contributed by atoms with van der Waals surface area (Å²) in [4.78, 5) is 19.4. The minimum atomic E-state index is -0.0607. The SMILES string of the molecule is COc1ccc([C@@H](C)N2C[C@H]([C@@H](C)Oc3cc(C)cc4nc(C)sc34)CC2=O)cc1. The monoisotopic (exact) mass is 424 g/mol. The Bertz CT molecular complexity index is 1060. The first-order valence-electron chi connectivity index (χ1n) is 10.3. The van der Waals surface area contributed by atoms with Crippen molar-refractivity contribution < 1.29 is 14.3 Å². The van der Waals surface area contributed by atoms with Gasteiger partial charge < -0.3 is 14.4 Å². The summed E-state index contributed by atoms with van der Waals surface area (Å²) in [6, 6.07) is 12.1. The molecule has 1 fully saturated rings. The molecule has 1 aliphatic rings. The van der Waals surface area contributed by atoms with Crippen molar-refractivity contribution in [2.45, 2.75) is 46.3 Å². The van der Waals surface area contributed by atoms with Crippen LogP contribution < -0.4 is 9.47 Å². The van der Waals surface area contributed by atoms with E-state index in [2.05, 4.69) is 37.9 Å². The third-order valence-electron chi connectivity index (χ3n) is 5.94. The fourth-order valence-electron chi connectivity index (χ4n) is 4.14. The highest BCUT2D eigenvalue weighted by Crippen LogP contribution is 2.36. The Labute approximate surface area is 181 Å². The number of fused-ring (bicyclic) bond motifs is 1. The lowest BCUT2D eigenvalue weighted by atomic mass is 10.0. The van der Waals surface area contributed by atoms with Gasteiger partial charge in [-0.2, -0.15) is 0 Å². The second-order valence-electron chi connectivity index (χ2n) is 8.13. The zero-order chi connectivity index (χ0) is 21.4. The lowest BCUT2D eigenvalue weighted by molar-refractivity contribution is -0.129. The standard InChI is InChI=1S/C24H28N2O3S/c1-14-10-21-24(30-17(4)25-21)22(11-14)29-16(3)19-12-23(27)26(13-19)15(2)18-6-8-20(28-5)9-7-18/h6-11,15-16,19H,12-13H2,1-5H3/t15-,16-,19-/m1/s1. The Hall–Kier alpha value is -2.60. The number of hydrogen-bond donors (Lipinski definition) is 0. The lowest BCUT2D eigenvalue weighted by Crippen LogP contribution is -2.31. The molecule has 1 saturated heterocycles. The molecule has 1 aliphatic heterocycles. The number of methoxy groups -OCH3 is 1. The molecule has 6 heteroatoms. The van der Waals surface area contributed by atoms with Gasteiger partial charge in [0.05, 0.1) is 28.4 Å².